The summed E-state index contributed by atoms with van der Waals surface area (Å²) < 4.78 is 10.2. The molecule has 0 saturated carbocycles. The Balaban J connectivity index is 2.17. The van der Waals surface area contributed by atoms with Gasteiger partial charge in [-0.15, -0.1) is 12.3 Å². The highest BCUT2D eigenvalue weighted by Gasteiger charge is 2.12. The van der Waals surface area contributed by atoms with E-state index in [9.17, 15) is 4.79 Å². The van der Waals surface area contributed by atoms with Crippen LogP contribution >= 0.6 is 0 Å². The molecule has 90 valence electrons. The molecule has 1 rings (SSSR count). The van der Waals surface area contributed by atoms with Gasteiger partial charge in [-0.25, -0.2) is 0 Å². The van der Waals surface area contributed by atoms with Crippen LogP contribution in [-0.4, -0.2) is 25.2 Å². The first kappa shape index (κ1) is 13.1. The van der Waals surface area contributed by atoms with Gasteiger partial charge in [-0.05, 0) is 12.1 Å². The average Bonchev–Trinajstić information content (AvgIpc) is 2.36. The smallest absolute Gasteiger partial charge is 0.324 e. The van der Waals surface area contributed by atoms with Crippen LogP contribution in [0.2, 0.25) is 0 Å². The molecule has 0 radical (unpaired) electrons. The number of carbonyl (C=O) groups excluding carboxylic acids is 1. The normalized spacial score (nSPS) is 11.3. The number of para-hydroxylation sites is 1. The van der Waals surface area contributed by atoms with Crippen LogP contribution in [0.1, 0.15) is 6.42 Å². The van der Waals surface area contributed by atoms with Gasteiger partial charge in [-0.1, -0.05) is 18.2 Å². The van der Waals surface area contributed by atoms with Crippen molar-refractivity contribution in [2.75, 3.05) is 13.2 Å². The van der Waals surface area contributed by atoms with Crippen LogP contribution in [-0.2, 0) is 9.53 Å². The van der Waals surface area contributed by atoms with E-state index in [4.69, 9.17) is 21.6 Å². The van der Waals surface area contributed by atoms with Crippen LogP contribution in [0.5, 0.6) is 5.75 Å². The molecule has 1 aromatic carbocycles. The fraction of sp³-hybridized carbons (Fsp3) is 0.308. The maximum absolute atomic E-state index is 11.2. The van der Waals surface area contributed by atoms with Gasteiger partial charge in [0.25, 0.3) is 0 Å². The summed E-state index contributed by atoms with van der Waals surface area (Å²) in [6.45, 7) is 0.449. The summed E-state index contributed by atoms with van der Waals surface area (Å²) in [5.41, 5.74) is 5.46. The Hall–Kier alpha value is -1.99. The van der Waals surface area contributed by atoms with Crippen molar-refractivity contribution in [2.24, 2.45) is 5.73 Å². The molecule has 0 bridgehead atoms. The predicted molar refractivity (Wildman–Crippen MR) is 64.3 cm³/mol. The zero-order valence-electron chi connectivity index (χ0n) is 9.46. The summed E-state index contributed by atoms with van der Waals surface area (Å²) in [5.74, 6) is 2.54. The summed E-state index contributed by atoms with van der Waals surface area (Å²) in [4.78, 5) is 11.2. The molecule has 0 aromatic heterocycles. The van der Waals surface area contributed by atoms with Crippen molar-refractivity contribution in [1.29, 1.82) is 0 Å². The van der Waals surface area contributed by atoms with Crippen molar-refractivity contribution in [2.45, 2.75) is 12.5 Å². The third-order valence-corrected chi connectivity index (χ3v) is 1.98. The molecule has 0 amide bonds. The summed E-state index contributed by atoms with van der Waals surface area (Å²) >= 11 is 0. The Morgan fingerprint density at radius 2 is 2.06 bits per heavy atom. The minimum atomic E-state index is -0.753. The first-order chi connectivity index (χ1) is 8.24. The van der Waals surface area contributed by atoms with Gasteiger partial charge in [0.2, 0.25) is 0 Å². The molecule has 0 aliphatic carbocycles. The number of nitrogens with two attached hydrogens (primary N) is 1. The number of benzene rings is 1. The molecule has 1 atom stereocenters. The lowest BCUT2D eigenvalue weighted by atomic mass is 10.2. The van der Waals surface area contributed by atoms with E-state index >= 15 is 0 Å². The zero-order chi connectivity index (χ0) is 12.5. The molecule has 0 heterocycles. The standard InChI is InChI=1S/C13H15NO3/c1-2-6-12(14)13(15)17-10-9-16-11-7-4-3-5-8-11/h1,3-5,7-8,12H,6,9-10,14H2. The summed E-state index contributed by atoms with van der Waals surface area (Å²) in [6.07, 6.45) is 5.21. The van der Waals surface area contributed by atoms with Crippen LogP contribution in [0.25, 0.3) is 0 Å². The minimum Gasteiger partial charge on any atom is -0.490 e. The van der Waals surface area contributed by atoms with Crippen molar-refractivity contribution in [3.8, 4) is 18.1 Å². The molecule has 2 N–H and O–H groups in total. The first-order valence-corrected chi connectivity index (χ1v) is 5.27. The lowest BCUT2D eigenvalue weighted by Gasteiger charge is -2.09. The average molecular weight is 233 g/mol. The van der Waals surface area contributed by atoms with Gasteiger partial charge >= 0.3 is 5.97 Å². The van der Waals surface area contributed by atoms with E-state index in [1.54, 1.807) is 0 Å². The largest absolute Gasteiger partial charge is 0.490 e. The summed E-state index contributed by atoms with van der Waals surface area (Å²) in [5, 5.41) is 0. The quantitative estimate of drug-likeness (QED) is 0.451. The lowest BCUT2D eigenvalue weighted by molar-refractivity contribution is -0.145. The third kappa shape index (κ3) is 5.05. The van der Waals surface area contributed by atoms with E-state index in [1.807, 2.05) is 30.3 Å². The molecule has 17 heavy (non-hydrogen) atoms. The van der Waals surface area contributed by atoms with E-state index in [-0.39, 0.29) is 13.0 Å². The Bertz CT molecular complexity index is 383. The van der Waals surface area contributed by atoms with Crippen LogP contribution in [0, 0.1) is 12.3 Å². The van der Waals surface area contributed by atoms with E-state index < -0.39 is 12.0 Å². The minimum absolute atomic E-state index is 0.159. The molecule has 0 fully saturated rings. The first-order valence-electron chi connectivity index (χ1n) is 5.27. The maximum Gasteiger partial charge on any atom is 0.324 e. The Kier molecular flexibility index (Phi) is 5.62. The summed E-state index contributed by atoms with van der Waals surface area (Å²) in [7, 11) is 0. The molecule has 1 aromatic rings. The maximum atomic E-state index is 11.2. The van der Waals surface area contributed by atoms with E-state index in [0.717, 1.165) is 5.75 Å². The van der Waals surface area contributed by atoms with E-state index in [2.05, 4.69) is 5.92 Å². The Morgan fingerprint density at radius 1 is 1.35 bits per heavy atom. The third-order valence-electron chi connectivity index (χ3n) is 1.98. The number of hydrogen-bond acceptors (Lipinski definition) is 4. The van der Waals surface area contributed by atoms with Crippen LogP contribution in [0.4, 0.5) is 0 Å². The van der Waals surface area contributed by atoms with Crippen LogP contribution in [0.15, 0.2) is 30.3 Å². The van der Waals surface area contributed by atoms with Crippen molar-refractivity contribution in [3.63, 3.8) is 0 Å². The molecule has 0 aliphatic rings. The predicted octanol–water partition coefficient (Wildman–Crippen LogP) is 0.959. The van der Waals surface area contributed by atoms with Gasteiger partial charge in [0, 0.05) is 6.42 Å². The topological polar surface area (TPSA) is 61.6 Å². The Labute approximate surface area is 101 Å². The molecular weight excluding hydrogens is 218 g/mol. The SMILES string of the molecule is C#CCC(N)C(=O)OCCOc1ccccc1. The number of hydrogen-bond donors (Lipinski definition) is 1. The Morgan fingerprint density at radius 3 is 2.71 bits per heavy atom. The second kappa shape index (κ2) is 7.31. The summed E-state index contributed by atoms with van der Waals surface area (Å²) in [6, 6.07) is 8.52. The monoisotopic (exact) mass is 233 g/mol. The number of carbonyl (C=O) groups is 1. The molecule has 0 saturated heterocycles. The molecular formula is C13H15NO3. The number of ether oxygens (including phenoxy) is 2. The number of rotatable bonds is 6. The fourth-order valence-corrected chi connectivity index (χ4v) is 1.14. The molecule has 0 aliphatic heterocycles. The number of esters is 1. The lowest BCUT2D eigenvalue weighted by Crippen LogP contribution is -2.32. The van der Waals surface area contributed by atoms with Crippen LogP contribution < -0.4 is 10.5 Å². The second-order valence-corrected chi connectivity index (χ2v) is 3.34. The van der Waals surface area contributed by atoms with E-state index in [1.165, 1.54) is 0 Å². The van der Waals surface area contributed by atoms with Crippen molar-refractivity contribution >= 4 is 5.97 Å². The highest BCUT2D eigenvalue weighted by Crippen LogP contribution is 2.07. The molecule has 4 heteroatoms. The highest BCUT2D eigenvalue weighted by molar-refractivity contribution is 5.75. The molecule has 4 nitrogen and oxygen atoms in total. The van der Waals surface area contributed by atoms with Gasteiger partial charge in [-0.3, -0.25) is 4.79 Å². The second-order valence-electron chi connectivity index (χ2n) is 3.34. The zero-order valence-corrected chi connectivity index (χ0v) is 9.46. The molecule has 0 spiro atoms. The van der Waals surface area contributed by atoms with Gasteiger partial charge in [0.05, 0.1) is 0 Å². The highest BCUT2D eigenvalue weighted by atomic mass is 16.6. The van der Waals surface area contributed by atoms with E-state index in [0.29, 0.717) is 6.61 Å². The van der Waals surface area contributed by atoms with Crippen molar-refractivity contribution < 1.29 is 14.3 Å². The number of terminal acetylenes is 1. The van der Waals surface area contributed by atoms with Crippen molar-refractivity contribution in [1.82, 2.24) is 0 Å². The van der Waals surface area contributed by atoms with Crippen molar-refractivity contribution in [3.05, 3.63) is 30.3 Å². The van der Waals surface area contributed by atoms with Gasteiger partial charge in [-0.2, -0.15) is 0 Å². The fourth-order valence-electron chi connectivity index (χ4n) is 1.14. The van der Waals surface area contributed by atoms with Gasteiger partial charge in [0.1, 0.15) is 25.0 Å². The molecule has 1 unspecified atom stereocenters. The van der Waals surface area contributed by atoms with Gasteiger partial charge in [0.15, 0.2) is 0 Å². The van der Waals surface area contributed by atoms with Gasteiger partial charge < -0.3 is 15.2 Å². The van der Waals surface area contributed by atoms with Crippen LogP contribution in [0.3, 0.4) is 0 Å².